The highest BCUT2D eigenvalue weighted by Gasteiger charge is 2.34. The van der Waals surface area contributed by atoms with Crippen molar-refractivity contribution in [2.45, 2.75) is 13.5 Å². The number of imide groups is 1. The molecule has 1 aromatic carbocycles. The van der Waals surface area contributed by atoms with Crippen molar-refractivity contribution in [1.29, 1.82) is 0 Å². The summed E-state index contributed by atoms with van der Waals surface area (Å²) in [7, 11) is 1.22. The number of furan rings is 1. The third-order valence-electron chi connectivity index (χ3n) is 3.99. The molecule has 0 aliphatic carbocycles. The molecule has 1 aromatic heterocycles. The van der Waals surface area contributed by atoms with Crippen LogP contribution in [0, 0.1) is 3.57 Å². The fourth-order valence-electron chi connectivity index (χ4n) is 2.65. The van der Waals surface area contributed by atoms with E-state index in [4.69, 9.17) is 9.15 Å². The molecule has 152 valence electrons. The van der Waals surface area contributed by atoms with Crippen molar-refractivity contribution in [3.05, 3.63) is 50.6 Å². The zero-order valence-corrected chi connectivity index (χ0v) is 17.7. The molecule has 1 aliphatic rings. The van der Waals surface area contributed by atoms with E-state index in [1.165, 1.54) is 25.3 Å². The Bertz CT molecular complexity index is 1010. The number of rotatable bonds is 6. The zero-order valence-electron chi connectivity index (χ0n) is 15.5. The summed E-state index contributed by atoms with van der Waals surface area (Å²) in [5.41, 5.74) is 0.644. The maximum absolute atomic E-state index is 12.6. The van der Waals surface area contributed by atoms with Crippen molar-refractivity contribution >= 4 is 46.6 Å². The number of nitrogens with one attached hydrogen (secondary N) is 1. The van der Waals surface area contributed by atoms with E-state index in [0.29, 0.717) is 15.7 Å². The monoisotopic (exact) mass is 512 g/mol. The van der Waals surface area contributed by atoms with Crippen LogP contribution >= 0.6 is 22.6 Å². The van der Waals surface area contributed by atoms with Crippen LogP contribution in [0.25, 0.3) is 6.08 Å². The molecule has 1 fully saturated rings. The Labute approximate surface area is 179 Å². The molecule has 1 saturated heterocycles. The molecule has 0 unspecified atom stereocenters. The number of methoxy groups -OCH3 is 1. The standard InChI is InChI=1S/C19H17IN2O7/c1-3-28-15-8-10(6-12(20)16(15)23)7-13-17(24)22(19(26)21-13)9-11-4-5-14(29-11)18(25)27-2/h4-8,23H,3,9H2,1-2H3,(H,21,26)/b13-7-. The van der Waals surface area contributed by atoms with Gasteiger partial charge in [-0.15, -0.1) is 0 Å². The van der Waals surface area contributed by atoms with E-state index in [2.05, 4.69) is 10.1 Å². The summed E-state index contributed by atoms with van der Waals surface area (Å²) in [6, 6.07) is 5.51. The molecule has 0 atom stereocenters. The van der Waals surface area contributed by atoms with Crippen LogP contribution in [-0.2, 0) is 16.1 Å². The van der Waals surface area contributed by atoms with Gasteiger partial charge in [0.1, 0.15) is 11.5 Å². The van der Waals surface area contributed by atoms with Crippen LogP contribution in [0.5, 0.6) is 11.5 Å². The molecule has 0 spiro atoms. The Morgan fingerprint density at radius 1 is 1.34 bits per heavy atom. The first kappa shape index (κ1) is 20.7. The van der Waals surface area contributed by atoms with Crippen LogP contribution in [0.1, 0.15) is 28.8 Å². The molecule has 0 bridgehead atoms. The molecule has 3 amide bonds. The van der Waals surface area contributed by atoms with Crippen LogP contribution in [0.3, 0.4) is 0 Å². The van der Waals surface area contributed by atoms with Gasteiger partial charge in [0.15, 0.2) is 11.5 Å². The highest BCUT2D eigenvalue weighted by molar-refractivity contribution is 14.1. The van der Waals surface area contributed by atoms with E-state index < -0.39 is 17.9 Å². The normalized spacial score (nSPS) is 15.0. The van der Waals surface area contributed by atoms with Gasteiger partial charge in [-0.25, -0.2) is 9.59 Å². The quantitative estimate of drug-likeness (QED) is 0.265. The van der Waals surface area contributed by atoms with Crippen molar-refractivity contribution in [3.63, 3.8) is 0 Å². The number of hydrogen-bond donors (Lipinski definition) is 2. The maximum Gasteiger partial charge on any atom is 0.373 e. The van der Waals surface area contributed by atoms with Gasteiger partial charge in [-0.2, -0.15) is 0 Å². The summed E-state index contributed by atoms with van der Waals surface area (Å²) < 4.78 is 15.8. The Morgan fingerprint density at radius 3 is 2.79 bits per heavy atom. The van der Waals surface area contributed by atoms with Gasteiger partial charge in [0.05, 0.1) is 23.8 Å². The minimum atomic E-state index is -0.652. The van der Waals surface area contributed by atoms with Crippen LogP contribution in [0.15, 0.2) is 34.4 Å². The molecular weight excluding hydrogens is 495 g/mol. The number of halogens is 1. The number of carbonyl (C=O) groups excluding carboxylic acids is 3. The number of hydrogen-bond acceptors (Lipinski definition) is 7. The molecule has 0 radical (unpaired) electrons. The Balaban J connectivity index is 1.81. The second kappa shape index (κ2) is 8.55. The summed E-state index contributed by atoms with van der Waals surface area (Å²) >= 11 is 1.95. The summed E-state index contributed by atoms with van der Waals surface area (Å²) in [6.07, 6.45) is 1.49. The molecule has 2 heterocycles. The van der Waals surface area contributed by atoms with Gasteiger partial charge >= 0.3 is 12.0 Å². The minimum Gasteiger partial charge on any atom is -0.504 e. The van der Waals surface area contributed by atoms with Gasteiger partial charge in [-0.05, 0) is 65.4 Å². The van der Waals surface area contributed by atoms with Gasteiger partial charge in [-0.3, -0.25) is 9.69 Å². The lowest BCUT2D eigenvalue weighted by Crippen LogP contribution is -2.30. The predicted molar refractivity (Wildman–Crippen MR) is 109 cm³/mol. The third-order valence-corrected chi connectivity index (χ3v) is 4.81. The first-order valence-electron chi connectivity index (χ1n) is 8.51. The number of ether oxygens (including phenoxy) is 2. The lowest BCUT2D eigenvalue weighted by atomic mass is 10.1. The van der Waals surface area contributed by atoms with Crippen LogP contribution in [0.2, 0.25) is 0 Å². The zero-order chi connectivity index (χ0) is 21.1. The number of phenols is 1. The molecule has 29 heavy (non-hydrogen) atoms. The number of benzene rings is 1. The summed E-state index contributed by atoms with van der Waals surface area (Å²) in [5, 5.41) is 12.5. The molecule has 10 heteroatoms. The maximum atomic E-state index is 12.6. The molecular formula is C19H17IN2O7. The van der Waals surface area contributed by atoms with E-state index in [1.54, 1.807) is 19.1 Å². The van der Waals surface area contributed by atoms with Gasteiger partial charge in [0.25, 0.3) is 5.91 Å². The van der Waals surface area contributed by atoms with E-state index in [0.717, 1.165) is 4.90 Å². The Hall–Kier alpha value is -3.02. The van der Waals surface area contributed by atoms with Gasteiger partial charge in [0.2, 0.25) is 5.76 Å². The van der Waals surface area contributed by atoms with Gasteiger partial charge < -0.3 is 24.3 Å². The Morgan fingerprint density at radius 2 is 2.10 bits per heavy atom. The lowest BCUT2D eigenvalue weighted by Gasteiger charge is -2.10. The number of carbonyl (C=O) groups is 3. The second-order valence-corrected chi connectivity index (χ2v) is 7.08. The fourth-order valence-corrected chi connectivity index (χ4v) is 3.28. The largest absolute Gasteiger partial charge is 0.504 e. The van der Waals surface area contributed by atoms with Crippen molar-refractivity contribution in [1.82, 2.24) is 10.2 Å². The van der Waals surface area contributed by atoms with Crippen molar-refractivity contribution in [2.75, 3.05) is 13.7 Å². The van der Waals surface area contributed by atoms with Crippen molar-refractivity contribution < 1.29 is 33.4 Å². The van der Waals surface area contributed by atoms with Crippen molar-refractivity contribution in [2.24, 2.45) is 0 Å². The number of phenolic OH excluding ortho intramolecular Hbond substituents is 1. The van der Waals surface area contributed by atoms with E-state index in [9.17, 15) is 19.5 Å². The third kappa shape index (κ3) is 4.36. The first-order valence-corrected chi connectivity index (χ1v) is 9.58. The number of aromatic hydroxyl groups is 1. The number of esters is 1. The molecule has 1 aliphatic heterocycles. The van der Waals surface area contributed by atoms with E-state index >= 15 is 0 Å². The lowest BCUT2D eigenvalue weighted by molar-refractivity contribution is -0.123. The summed E-state index contributed by atoms with van der Waals surface area (Å²) in [6.45, 7) is 2.01. The fraction of sp³-hybridized carbons (Fsp3) is 0.211. The minimum absolute atomic E-state index is 0.0113. The molecule has 3 rings (SSSR count). The second-order valence-electron chi connectivity index (χ2n) is 5.92. The number of nitrogens with zero attached hydrogens (tertiary/aromatic N) is 1. The first-order chi connectivity index (χ1) is 13.8. The molecule has 0 saturated carbocycles. The van der Waals surface area contributed by atoms with E-state index in [-0.39, 0.29) is 35.3 Å². The smallest absolute Gasteiger partial charge is 0.373 e. The highest BCUT2D eigenvalue weighted by Crippen LogP contribution is 2.33. The van der Waals surface area contributed by atoms with Crippen LogP contribution < -0.4 is 10.1 Å². The van der Waals surface area contributed by atoms with Crippen LogP contribution in [-0.4, -0.2) is 41.6 Å². The molecule has 2 aromatic rings. The highest BCUT2D eigenvalue weighted by atomic mass is 127. The van der Waals surface area contributed by atoms with Crippen molar-refractivity contribution in [3.8, 4) is 11.5 Å². The topological polar surface area (TPSA) is 118 Å². The van der Waals surface area contributed by atoms with Crippen LogP contribution in [0.4, 0.5) is 4.79 Å². The van der Waals surface area contributed by atoms with Gasteiger partial charge in [0, 0.05) is 0 Å². The SMILES string of the molecule is CCOc1cc(/C=C2\NC(=O)N(Cc3ccc(C(=O)OC)o3)C2=O)cc(I)c1O. The number of urea groups is 1. The average Bonchev–Trinajstić information content (AvgIpc) is 3.26. The molecule has 2 N–H and O–H groups in total. The predicted octanol–water partition coefficient (Wildman–Crippen LogP) is 2.87. The van der Waals surface area contributed by atoms with E-state index in [1.807, 2.05) is 22.6 Å². The Kier molecular flexibility index (Phi) is 6.11. The number of amides is 3. The average molecular weight is 512 g/mol. The summed E-state index contributed by atoms with van der Waals surface area (Å²) in [5.74, 6) is -0.670. The summed E-state index contributed by atoms with van der Waals surface area (Å²) in [4.78, 5) is 37.3. The van der Waals surface area contributed by atoms with Gasteiger partial charge in [-0.1, -0.05) is 0 Å². The molecule has 9 nitrogen and oxygen atoms in total.